The molecule has 2 aromatic heterocycles. The molecule has 0 saturated carbocycles. The Kier molecular flexibility index (Phi) is 6.72. The number of nitrogens with one attached hydrogen (secondary N) is 1. The molecule has 0 aliphatic carbocycles. The van der Waals surface area contributed by atoms with Crippen molar-refractivity contribution in [3.05, 3.63) is 106 Å². The summed E-state index contributed by atoms with van der Waals surface area (Å²) in [6.45, 7) is 3.88. The number of benzene rings is 2. The lowest BCUT2D eigenvalue weighted by Crippen LogP contribution is -2.14. The zero-order valence-corrected chi connectivity index (χ0v) is 18.8. The highest BCUT2D eigenvalue weighted by atomic mass is 35.5. The van der Waals surface area contributed by atoms with Gasteiger partial charge in [0.2, 0.25) is 0 Å². The summed E-state index contributed by atoms with van der Waals surface area (Å²) in [6.07, 6.45) is 1.62. The van der Waals surface area contributed by atoms with E-state index in [1.807, 2.05) is 50.2 Å². The zero-order chi connectivity index (χ0) is 23.2. The molecule has 1 N–H and O–H groups in total. The number of carbonyl (C=O) groups is 1. The fourth-order valence-corrected chi connectivity index (χ4v) is 3.23. The Hall–Kier alpha value is -4.08. The molecule has 7 heteroatoms. The summed E-state index contributed by atoms with van der Waals surface area (Å²) in [4.78, 5) is 17.2. The van der Waals surface area contributed by atoms with Crippen LogP contribution in [0.2, 0.25) is 5.02 Å². The lowest BCUT2D eigenvalue weighted by molar-refractivity contribution is 0.102. The third kappa shape index (κ3) is 5.79. The van der Waals surface area contributed by atoms with Crippen molar-refractivity contribution in [1.29, 1.82) is 0 Å². The Morgan fingerprint density at radius 1 is 1.06 bits per heavy atom. The molecular weight excluding hydrogens is 438 g/mol. The predicted octanol–water partition coefficient (Wildman–Crippen LogP) is 5.57. The van der Waals surface area contributed by atoms with Crippen molar-refractivity contribution in [3.8, 4) is 17.6 Å². The largest absolute Gasteiger partial charge is 0.486 e. The fraction of sp³-hybridized carbons (Fsp3) is 0.115. The number of aryl methyl sites for hydroxylation is 2. The number of aromatic nitrogens is 2. The quantitative estimate of drug-likeness (QED) is 0.396. The Labute approximate surface area is 196 Å². The maximum atomic E-state index is 12.9. The van der Waals surface area contributed by atoms with Gasteiger partial charge in [-0.05, 0) is 55.8 Å². The second-order valence-corrected chi connectivity index (χ2v) is 7.73. The zero-order valence-electron chi connectivity index (χ0n) is 18.1. The van der Waals surface area contributed by atoms with Crippen LogP contribution in [0.3, 0.4) is 0 Å². The van der Waals surface area contributed by atoms with Crippen LogP contribution < -0.4 is 10.1 Å². The van der Waals surface area contributed by atoms with E-state index in [2.05, 4.69) is 27.3 Å². The molecule has 0 saturated heterocycles. The molecule has 0 aliphatic heterocycles. The van der Waals surface area contributed by atoms with Crippen LogP contribution in [0.25, 0.3) is 0 Å². The normalized spacial score (nSPS) is 10.3. The van der Waals surface area contributed by atoms with Crippen molar-refractivity contribution < 1.29 is 14.1 Å². The maximum absolute atomic E-state index is 12.9. The lowest BCUT2D eigenvalue weighted by atomic mass is 10.1. The molecule has 4 aromatic rings. The van der Waals surface area contributed by atoms with Gasteiger partial charge in [0, 0.05) is 23.4 Å². The van der Waals surface area contributed by atoms with E-state index in [9.17, 15) is 4.79 Å². The topological polar surface area (TPSA) is 77.2 Å². The van der Waals surface area contributed by atoms with Crippen molar-refractivity contribution in [2.24, 2.45) is 0 Å². The number of carbonyl (C=O) groups excluding carboxylic acids is 1. The van der Waals surface area contributed by atoms with Gasteiger partial charge >= 0.3 is 0 Å². The van der Waals surface area contributed by atoms with Crippen LogP contribution >= 0.6 is 11.6 Å². The smallest absolute Gasteiger partial charge is 0.258 e. The maximum Gasteiger partial charge on any atom is 0.258 e. The number of anilines is 1. The van der Waals surface area contributed by atoms with E-state index in [0.29, 0.717) is 22.4 Å². The van der Waals surface area contributed by atoms with E-state index in [-0.39, 0.29) is 18.1 Å². The van der Waals surface area contributed by atoms with Crippen molar-refractivity contribution in [3.63, 3.8) is 0 Å². The summed E-state index contributed by atoms with van der Waals surface area (Å²) >= 11 is 6.26. The van der Waals surface area contributed by atoms with E-state index in [1.165, 1.54) is 0 Å². The molecule has 4 rings (SSSR count). The average molecular weight is 458 g/mol. The molecule has 0 spiro atoms. The molecule has 0 fully saturated rings. The van der Waals surface area contributed by atoms with Crippen molar-refractivity contribution >= 4 is 23.3 Å². The minimum absolute atomic E-state index is 0.190. The number of rotatable bonds is 5. The van der Waals surface area contributed by atoms with E-state index >= 15 is 0 Å². The van der Waals surface area contributed by atoms with Crippen molar-refractivity contribution in [1.82, 2.24) is 10.1 Å². The Morgan fingerprint density at radius 2 is 1.85 bits per heavy atom. The minimum Gasteiger partial charge on any atom is -0.486 e. The first-order valence-electron chi connectivity index (χ1n) is 10.2. The van der Waals surface area contributed by atoms with Gasteiger partial charge in [0.25, 0.3) is 5.91 Å². The van der Waals surface area contributed by atoms with Gasteiger partial charge in [-0.3, -0.25) is 4.79 Å². The monoisotopic (exact) mass is 457 g/mol. The van der Waals surface area contributed by atoms with Gasteiger partial charge in [0.15, 0.2) is 5.76 Å². The highest BCUT2D eigenvalue weighted by Gasteiger charge is 2.14. The summed E-state index contributed by atoms with van der Waals surface area (Å²) in [5.41, 5.74) is 3.50. The van der Waals surface area contributed by atoms with Crippen LogP contribution in [0.5, 0.6) is 5.75 Å². The first kappa shape index (κ1) is 22.1. The first-order chi connectivity index (χ1) is 16.0. The van der Waals surface area contributed by atoms with Crippen LogP contribution in [-0.4, -0.2) is 16.0 Å². The van der Waals surface area contributed by atoms with E-state index in [4.69, 9.17) is 20.9 Å². The number of amides is 1. The van der Waals surface area contributed by atoms with Gasteiger partial charge in [-0.2, -0.15) is 0 Å². The van der Waals surface area contributed by atoms with E-state index in [1.54, 1.807) is 30.5 Å². The summed E-state index contributed by atoms with van der Waals surface area (Å²) in [5, 5.41) is 6.93. The minimum atomic E-state index is -0.389. The number of halogens is 1. The van der Waals surface area contributed by atoms with Crippen LogP contribution in [0.15, 0.2) is 71.4 Å². The molecule has 0 radical (unpaired) electrons. The number of ether oxygens (including phenoxy) is 1. The molecule has 0 unspecified atom stereocenters. The van der Waals surface area contributed by atoms with Gasteiger partial charge < -0.3 is 14.6 Å². The Balaban J connectivity index is 1.45. The van der Waals surface area contributed by atoms with Crippen LogP contribution in [0, 0.1) is 25.7 Å². The SMILES string of the molecule is Cc1cc(COc2ccc(Cl)c(C(=O)Nc3ncc(C#Cc4ccccc4)cc3C)c2)on1. The molecule has 0 aliphatic rings. The Morgan fingerprint density at radius 3 is 2.58 bits per heavy atom. The summed E-state index contributed by atoms with van der Waals surface area (Å²) in [5.74, 6) is 7.29. The lowest BCUT2D eigenvalue weighted by Gasteiger charge is -2.11. The molecule has 1 amide bonds. The van der Waals surface area contributed by atoms with Crippen LogP contribution in [0.1, 0.15) is 38.5 Å². The molecule has 0 bridgehead atoms. The molecule has 2 aromatic carbocycles. The molecule has 33 heavy (non-hydrogen) atoms. The third-order valence-corrected chi connectivity index (χ3v) is 5.01. The molecule has 0 atom stereocenters. The van der Waals surface area contributed by atoms with Gasteiger partial charge in [-0.15, -0.1) is 0 Å². The van der Waals surface area contributed by atoms with Crippen LogP contribution in [-0.2, 0) is 6.61 Å². The number of pyridine rings is 1. The number of hydrogen-bond donors (Lipinski definition) is 1. The Bertz CT molecular complexity index is 1350. The molecular formula is C26H20ClN3O3. The van der Waals surface area contributed by atoms with Gasteiger partial charge in [0.1, 0.15) is 18.2 Å². The highest BCUT2D eigenvalue weighted by Crippen LogP contribution is 2.24. The molecule has 2 heterocycles. The summed E-state index contributed by atoms with van der Waals surface area (Å²) in [7, 11) is 0. The van der Waals surface area contributed by atoms with Crippen molar-refractivity contribution in [2.75, 3.05) is 5.32 Å². The van der Waals surface area contributed by atoms with E-state index < -0.39 is 0 Å². The summed E-state index contributed by atoms with van der Waals surface area (Å²) in [6, 6.07) is 18.2. The molecule has 164 valence electrons. The second kappa shape index (κ2) is 10.0. The first-order valence-corrected chi connectivity index (χ1v) is 10.6. The van der Waals surface area contributed by atoms with Gasteiger partial charge in [0.05, 0.1) is 16.3 Å². The second-order valence-electron chi connectivity index (χ2n) is 7.32. The van der Waals surface area contributed by atoms with E-state index in [0.717, 1.165) is 22.4 Å². The summed E-state index contributed by atoms with van der Waals surface area (Å²) < 4.78 is 10.8. The van der Waals surface area contributed by atoms with Crippen LogP contribution in [0.4, 0.5) is 5.82 Å². The predicted molar refractivity (Wildman–Crippen MR) is 126 cm³/mol. The van der Waals surface area contributed by atoms with Crippen molar-refractivity contribution in [2.45, 2.75) is 20.5 Å². The van der Waals surface area contributed by atoms with Gasteiger partial charge in [-0.1, -0.05) is 46.8 Å². The highest BCUT2D eigenvalue weighted by molar-refractivity contribution is 6.34. The molecule has 6 nitrogen and oxygen atoms in total. The third-order valence-electron chi connectivity index (χ3n) is 4.68. The number of nitrogens with zero attached hydrogens (tertiary/aromatic N) is 2. The van der Waals surface area contributed by atoms with Gasteiger partial charge in [-0.25, -0.2) is 4.98 Å². The standard InChI is InChI=1S/C26H20ClN3O3/c1-17-12-20(9-8-19-6-4-3-5-7-19)15-28-25(17)29-26(31)23-14-21(10-11-24(23)27)32-16-22-13-18(2)30-33-22/h3-7,10-15H,16H2,1-2H3,(H,28,29,31). The average Bonchev–Trinajstić information content (AvgIpc) is 3.24. The number of hydrogen-bond acceptors (Lipinski definition) is 5. The fourth-order valence-electron chi connectivity index (χ4n) is 3.02.